The molecule has 0 atom stereocenters. The second-order valence-corrected chi connectivity index (χ2v) is 5.34. The zero-order valence-electron chi connectivity index (χ0n) is 11.5. The monoisotopic (exact) mass is 291 g/mol. The number of thioether (sulfide) groups is 1. The maximum Gasteiger partial charge on any atom is 0.236 e. The van der Waals surface area contributed by atoms with Crippen molar-refractivity contribution in [3.63, 3.8) is 0 Å². The van der Waals surface area contributed by atoms with Gasteiger partial charge in [0.05, 0.1) is 18.6 Å². The number of ether oxygens (including phenoxy) is 1. The molecule has 5 nitrogen and oxygen atoms in total. The van der Waals surface area contributed by atoms with Crippen molar-refractivity contribution in [3.8, 4) is 5.75 Å². The van der Waals surface area contributed by atoms with Gasteiger partial charge in [-0.15, -0.1) is 5.10 Å². The minimum Gasteiger partial charge on any atom is -0.493 e. The first-order valence-electron chi connectivity index (χ1n) is 6.46. The number of rotatable bonds is 5. The number of amidine groups is 1. The number of nitrogens with one attached hydrogen (secondary N) is 1. The van der Waals surface area contributed by atoms with Gasteiger partial charge in [0.25, 0.3) is 0 Å². The average Bonchev–Trinajstić information content (AvgIpc) is 2.84. The van der Waals surface area contributed by atoms with E-state index in [2.05, 4.69) is 22.4 Å². The third-order valence-electron chi connectivity index (χ3n) is 2.56. The molecule has 20 heavy (non-hydrogen) atoms. The Kier molecular flexibility index (Phi) is 5.17. The van der Waals surface area contributed by atoms with Crippen LogP contribution in [-0.2, 0) is 4.79 Å². The maximum absolute atomic E-state index is 11.0. The Morgan fingerprint density at radius 3 is 3.05 bits per heavy atom. The molecule has 1 heterocycles. The zero-order valence-corrected chi connectivity index (χ0v) is 12.4. The van der Waals surface area contributed by atoms with Gasteiger partial charge >= 0.3 is 0 Å². The van der Waals surface area contributed by atoms with Gasteiger partial charge in [0.2, 0.25) is 5.91 Å². The SMILES string of the molecule is CCCOc1ccc(C)cc1C=NN=C1NC(=O)CS1. The predicted octanol–water partition coefficient (Wildman–Crippen LogP) is 2.34. The minimum atomic E-state index is -0.0357. The van der Waals surface area contributed by atoms with Crippen LogP contribution < -0.4 is 10.1 Å². The van der Waals surface area contributed by atoms with E-state index in [-0.39, 0.29) is 5.91 Å². The van der Waals surface area contributed by atoms with E-state index in [0.29, 0.717) is 17.5 Å². The molecule has 1 amide bonds. The highest BCUT2D eigenvalue weighted by Gasteiger charge is 2.15. The second-order valence-electron chi connectivity index (χ2n) is 4.38. The summed E-state index contributed by atoms with van der Waals surface area (Å²) in [6, 6.07) is 5.93. The number of aryl methyl sites for hydroxylation is 1. The molecular formula is C14H17N3O2S. The summed E-state index contributed by atoms with van der Waals surface area (Å²) in [7, 11) is 0. The smallest absolute Gasteiger partial charge is 0.236 e. The van der Waals surface area contributed by atoms with E-state index >= 15 is 0 Å². The Hall–Kier alpha value is -1.82. The summed E-state index contributed by atoms with van der Waals surface area (Å²) < 4.78 is 5.67. The van der Waals surface area contributed by atoms with E-state index in [0.717, 1.165) is 23.3 Å². The second kappa shape index (κ2) is 7.09. The number of nitrogens with zero attached hydrogens (tertiary/aromatic N) is 2. The highest BCUT2D eigenvalue weighted by molar-refractivity contribution is 8.15. The normalized spacial score (nSPS) is 16.9. The molecule has 0 bridgehead atoms. The molecule has 1 aliphatic rings. The van der Waals surface area contributed by atoms with E-state index in [1.165, 1.54) is 11.8 Å². The molecule has 0 spiro atoms. The Morgan fingerprint density at radius 1 is 1.50 bits per heavy atom. The van der Waals surface area contributed by atoms with Crippen molar-refractivity contribution in [2.24, 2.45) is 10.2 Å². The van der Waals surface area contributed by atoms with Gasteiger partial charge in [0, 0.05) is 5.56 Å². The third-order valence-corrected chi connectivity index (χ3v) is 3.42. The summed E-state index contributed by atoms with van der Waals surface area (Å²) in [5.41, 5.74) is 2.02. The lowest BCUT2D eigenvalue weighted by Gasteiger charge is -2.08. The number of carbonyl (C=O) groups is 1. The highest BCUT2D eigenvalue weighted by Crippen LogP contribution is 2.18. The van der Waals surface area contributed by atoms with E-state index in [9.17, 15) is 4.79 Å². The van der Waals surface area contributed by atoms with E-state index < -0.39 is 0 Å². The third kappa shape index (κ3) is 4.09. The Labute approximate surface area is 122 Å². The van der Waals surface area contributed by atoms with Crippen LogP contribution in [0.2, 0.25) is 0 Å². The van der Waals surface area contributed by atoms with Crippen LogP contribution in [0.3, 0.4) is 0 Å². The van der Waals surface area contributed by atoms with Crippen molar-refractivity contribution < 1.29 is 9.53 Å². The Bertz CT molecular complexity index is 555. The molecule has 0 aliphatic carbocycles. The lowest BCUT2D eigenvalue weighted by molar-refractivity contribution is -0.116. The minimum absolute atomic E-state index is 0.0357. The van der Waals surface area contributed by atoms with Crippen molar-refractivity contribution in [2.45, 2.75) is 20.3 Å². The van der Waals surface area contributed by atoms with Crippen LogP contribution in [0, 0.1) is 6.92 Å². The molecule has 1 saturated heterocycles. The lowest BCUT2D eigenvalue weighted by Crippen LogP contribution is -2.19. The Balaban J connectivity index is 2.10. The molecule has 2 rings (SSSR count). The van der Waals surface area contributed by atoms with E-state index in [4.69, 9.17) is 4.74 Å². The van der Waals surface area contributed by atoms with Crippen molar-refractivity contribution in [3.05, 3.63) is 29.3 Å². The molecule has 0 radical (unpaired) electrons. The molecule has 1 fully saturated rings. The molecule has 0 unspecified atom stereocenters. The van der Waals surface area contributed by atoms with Gasteiger partial charge in [-0.3, -0.25) is 4.79 Å². The summed E-state index contributed by atoms with van der Waals surface area (Å²) in [4.78, 5) is 11.0. The van der Waals surface area contributed by atoms with Gasteiger partial charge in [-0.05, 0) is 25.5 Å². The quantitative estimate of drug-likeness (QED) is 0.669. The standard InChI is InChI=1S/C14H17N3O2S/c1-3-6-19-12-5-4-10(2)7-11(12)8-15-17-14-16-13(18)9-20-14/h4-5,7-8H,3,6,9H2,1-2H3,(H,16,17,18). The average molecular weight is 291 g/mol. The van der Waals surface area contributed by atoms with Crippen molar-refractivity contribution in [2.75, 3.05) is 12.4 Å². The van der Waals surface area contributed by atoms with Crippen LogP contribution in [0.15, 0.2) is 28.4 Å². The first-order valence-corrected chi connectivity index (χ1v) is 7.44. The fourth-order valence-electron chi connectivity index (χ4n) is 1.63. The molecule has 0 aromatic heterocycles. The maximum atomic E-state index is 11.0. The Morgan fingerprint density at radius 2 is 2.35 bits per heavy atom. The molecule has 1 aromatic carbocycles. The fourth-order valence-corrected chi connectivity index (χ4v) is 2.27. The van der Waals surface area contributed by atoms with Crippen molar-refractivity contribution >= 4 is 29.1 Å². The van der Waals surface area contributed by atoms with Gasteiger partial charge in [0.15, 0.2) is 5.17 Å². The van der Waals surface area contributed by atoms with Gasteiger partial charge < -0.3 is 10.1 Å². The molecule has 6 heteroatoms. The van der Waals surface area contributed by atoms with Crippen molar-refractivity contribution in [1.29, 1.82) is 0 Å². The van der Waals surface area contributed by atoms with Gasteiger partial charge in [-0.25, -0.2) is 0 Å². The summed E-state index contributed by atoms with van der Waals surface area (Å²) in [5, 5.41) is 11.2. The summed E-state index contributed by atoms with van der Waals surface area (Å²) >= 11 is 1.35. The van der Waals surface area contributed by atoms with Crippen LogP contribution in [-0.4, -0.2) is 29.6 Å². The molecule has 1 aliphatic heterocycles. The van der Waals surface area contributed by atoms with Crippen LogP contribution in [0.25, 0.3) is 0 Å². The first-order chi connectivity index (χ1) is 9.69. The highest BCUT2D eigenvalue weighted by atomic mass is 32.2. The lowest BCUT2D eigenvalue weighted by atomic mass is 10.1. The number of carbonyl (C=O) groups excluding carboxylic acids is 1. The van der Waals surface area contributed by atoms with E-state index in [1.807, 2.05) is 25.1 Å². The van der Waals surface area contributed by atoms with E-state index in [1.54, 1.807) is 6.21 Å². The molecule has 106 valence electrons. The number of hydrogen-bond acceptors (Lipinski definition) is 5. The van der Waals surface area contributed by atoms with Crippen LogP contribution in [0.1, 0.15) is 24.5 Å². The molecule has 1 N–H and O–H groups in total. The largest absolute Gasteiger partial charge is 0.493 e. The van der Waals surface area contributed by atoms with Gasteiger partial charge in [0.1, 0.15) is 5.75 Å². The summed E-state index contributed by atoms with van der Waals surface area (Å²) in [6.45, 7) is 4.75. The molecular weight excluding hydrogens is 274 g/mol. The van der Waals surface area contributed by atoms with Crippen LogP contribution in [0.4, 0.5) is 0 Å². The summed E-state index contributed by atoms with van der Waals surface area (Å²) in [5.74, 6) is 1.17. The van der Waals surface area contributed by atoms with Gasteiger partial charge in [-0.1, -0.05) is 30.3 Å². The number of hydrogen-bond donors (Lipinski definition) is 1. The van der Waals surface area contributed by atoms with Crippen LogP contribution >= 0.6 is 11.8 Å². The molecule has 0 saturated carbocycles. The predicted molar refractivity (Wildman–Crippen MR) is 82.6 cm³/mol. The molecule has 1 aromatic rings. The number of benzene rings is 1. The van der Waals surface area contributed by atoms with Gasteiger partial charge in [-0.2, -0.15) is 5.10 Å². The van der Waals surface area contributed by atoms with Crippen LogP contribution in [0.5, 0.6) is 5.75 Å². The number of amides is 1. The first kappa shape index (κ1) is 14.6. The fraction of sp³-hybridized carbons (Fsp3) is 0.357. The topological polar surface area (TPSA) is 63.1 Å². The zero-order chi connectivity index (χ0) is 14.4. The van der Waals surface area contributed by atoms with Crippen molar-refractivity contribution in [1.82, 2.24) is 5.32 Å². The summed E-state index contributed by atoms with van der Waals surface area (Å²) in [6.07, 6.45) is 2.60.